The highest BCUT2D eigenvalue weighted by Crippen LogP contribution is 2.34. The van der Waals surface area contributed by atoms with Gasteiger partial charge in [0, 0.05) is 38.0 Å². The van der Waals surface area contributed by atoms with Crippen LogP contribution in [0.15, 0.2) is 66.7 Å². The fourth-order valence-corrected chi connectivity index (χ4v) is 5.14. The number of likely N-dealkylation sites (tertiary alicyclic amines) is 1. The summed E-state index contributed by atoms with van der Waals surface area (Å²) in [6, 6.07) is 22.9. The van der Waals surface area contributed by atoms with Gasteiger partial charge in [-0.1, -0.05) is 48.5 Å². The number of hydrogen-bond donors (Lipinski definition) is 1. The van der Waals surface area contributed by atoms with Gasteiger partial charge in [-0.15, -0.1) is 0 Å². The number of nitrogens with zero attached hydrogens (tertiary/aromatic N) is 1. The van der Waals surface area contributed by atoms with Crippen LogP contribution in [-0.2, 0) is 19.4 Å². The number of rotatable bonds is 7. The van der Waals surface area contributed by atoms with Crippen LogP contribution in [0.3, 0.4) is 0 Å². The van der Waals surface area contributed by atoms with Crippen molar-refractivity contribution in [3.05, 3.63) is 94.5 Å². The second kappa shape index (κ2) is 9.81. The molecule has 2 aliphatic heterocycles. The third kappa shape index (κ3) is 5.45. The zero-order valence-electron chi connectivity index (χ0n) is 20.3. The first-order chi connectivity index (χ1) is 16.5. The van der Waals surface area contributed by atoms with Gasteiger partial charge in [0.2, 0.25) is 0 Å². The van der Waals surface area contributed by atoms with Crippen molar-refractivity contribution in [2.45, 2.75) is 57.8 Å². The lowest BCUT2D eigenvalue weighted by Crippen LogP contribution is -2.48. The molecule has 1 saturated heterocycles. The number of aliphatic hydroxyl groups is 1. The van der Waals surface area contributed by atoms with Crippen LogP contribution in [0.4, 0.5) is 0 Å². The molecule has 0 spiro atoms. The third-order valence-corrected chi connectivity index (χ3v) is 7.37. The molecule has 0 aromatic heterocycles. The lowest BCUT2D eigenvalue weighted by Gasteiger charge is -2.39. The molecule has 0 amide bonds. The molecular formula is C30H35NO3. The lowest BCUT2D eigenvalue weighted by molar-refractivity contribution is -0.0265. The quantitative estimate of drug-likeness (QED) is 0.526. The fourth-order valence-electron chi connectivity index (χ4n) is 5.14. The van der Waals surface area contributed by atoms with E-state index in [0.29, 0.717) is 6.61 Å². The highest BCUT2D eigenvalue weighted by atomic mass is 16.5. The van der Waals surface area contributed by atoms with Gasteiger partial charge in [0.15, 0.2) is 0 Å². The largest absolute Gasteiger partial charge is 0.489 e. The van der Waals surface area contributed by atoms with Crippen LogP contribution >= 0.6 is 0 Å². The zero-order chi connectivity index (χ0) is 23.5. The van der Waals surface area contributed by atoms with Crippen molar-refractivity contribution < 1.29 is 14.6 Å². The Morgan fingerprint density at radius 1 is 0.941 bits per heavy atom. The van der Waals surface area contributed by atoms with Gasteiger partial charge >= 0.3 is 0 Å². The molecule has 0 radical (unpaired) electrons. The SMILES string of the molecule is Cc1ccc(CC2(O)CCN(CC3Cc4cc(OCc5ccccc5)ccc4O3)CC2)cc1C. The van der Waals surface area contributed by atoms with Crippen molar-refractivity contribution in [3.63, 3.8) is 0 Å². The highest BCUT2D eigenvalue weighted by molar-refractivity contribution is 5.43. The maximum absolute atomic E-state index is 11.2. The minimum Gasteiger partial charge on any atom is -0.489 e. The molecule has 3 aromatic rings. The van der Waals surface area contributed by atoms with Crippen LogP contribution in [-0.4, -0.2) is 41.3 Å². The number of ether oxygens (including phenoxy) is 2. The van der Waals surface area contributed by atoms with Gasteiger partial charge in [-0.2, -0.15) is 0 Å². The summed E-state index contributed by atoms with van der Waals surface area (Å²) < 4.78 is 12.2. The zero-order valence-corrected chi connectivity index (χ0v) is 20.3. The Labute approximate surface area is 203 Å². The van der Waals surface area contributed by atoms with Crippen LogP contribution < -0.4 is 9.47 Å². The summed E-state index contributed by atoms with van der Waals surface area (Å²) in [5.41, 5.74) is 5.61. The van der Waals surface area contributed by atoms with Crippen molar-refractivity contribution in [2.75, 3.05) is 19.6 Å². The predicted octanol–water partition coefficient (Wildman–Crippen LogP) is 5.26. The molecule has 1 fully saturated rings. The van der Waals surface area contributed by atoms with E-state index in [2.05, 4.69) is 55.1 Å². The number of piperidine rings is 1. The van der Waals surface area contributed by atoms with E-state index >= 15 is 0 Å². The Kier molecular flexibility index (Phi) is 6.62. The van der Waals surface area contributed by atoms with Crippen molar-refractivity contribution in [1.29, 1.82) is 0 Å². The number of hydrogen-bond acceptors (Lipinski definition) is 4. The summed E-state index contributed by atoms with van der Waals surface area (Å²) in [4.78, 5) is 2.44. The molecule has 2 heterocycles. The van der Waals surface area contributed by atoms with E-state index in [0.717, 1.165) is 56.8 Å². The van der Waals surface area contributed by atoms with E-state index < -0.39 is 5.60 Å². The second-order valence-electron chi connectivity index (χ2n) is 10.1. The number of fused-ring (bicyclic) bond motifs is 1. The molecule has 178 valence electrons. The monoisotopic (exact) mass is 457 g/mol. The van der Waals surface area contributed by atoms with Gasteiger partial charge < -0.3 is 14.6 Å². The molecular weight excluding hydrogens is 422 g/mol. The molecule has 34 heavy (non-hydrogen) atoms. The van der Waals surface area contributed by atoms with E-state index in [1.165, 1.54) is 27.8 Å². The summed E-state index contributed by atoms with van der Waals surface area (Å²) >= 11 is 0. The number of benzene rings is 3. The summed E-state index contributed by atoms with van der Waals surface area (Å²) in [5, 5.41) is 11.2. The van der Waals surface area contributed by atoms with Gasteiger partial charge in [-0.05, 0) is 67.1 Å². The van der Waals surface area contributed by atoms with E-state index in [4.69, 9.17) is 9.47 Å². The predicted molar refractivity (Wildman–Crippen MR) is 136 cm³/mol. The molecule has 0 saturated carbocycles. The molecule has 2 aliphatic rings. The van der Waals surface area contributed by atoms with Crippen molar-refractivity contribution in [1.82, 2.24) is 4.90 Å². The van der Waals surface area contributed by atoms with Crippen LogP contribution in [0.1, 0.15) is 40.7 Å². The van der Waals surface area contributed by atoms with Gasteiger partial charge in [0.05, 0.1) is 5.60 Å². The van der Waals surface area contributed by atoms with Crippen LogP contribution in [0.5, 0.6) is 11.5 Å². The normalized spacial score (nSPS) is 19.4. The Bertz CT molecular complexity index is 1120. The maximum Gasteiger partial charge on any atom is 0.123 e. The summed E-state index contributed by atoms with van der Waals surface area (Å²) in [7, 11) is 0. The Balaban J connectivity index is 1.11. The Morgan fingerprint density at radius 3 is 2.50 bits per heavy atom. The van der Waals surface area contributed by atoms with Crippen LogP contribution in [0, 0.1) is 13.8 Å². The molecule has 0 bridgehead atoms. The average Bonchev–Trinajstić information content (AvgIpc) is 3.24. The Morgan fingerprint density at radius 2 is 1.74 bits per heavy atom. The van der Waals surface area contributed by atoms with Crippen LogP contribution in [0.2, 0.25) is 0 Å². The highest BCUT2D eigenvalue weighted by Gasteiger charge is 2.34. The molecule has 3 aromatic carbocycles. The smallest absolute Gasteiger partial charge is 0.123 e. The lowest BCUT2D eigenvalue weighted by atomic mass is 9.84. The van der Waals surface area contributed by atoms with Gasteiger partial charge in [-0.25, -0.2) is 0 Å². The van der Waals surface area contributed by atoms with Gasteiger partial charge in [0.1, 0.15) is 24.2 Å². The van der Waals surface area contributed by atoms with Crippen molar-refractivity contribution >= 4 is 0 Å². The summed E-state index contributed by atoms with van der Waals surface area (Å²) in [6.45, 7) is 7.56. The topological polar surface area (TPSA) is 41.9 Å². The second-order valence-corrected chi connectivity index (χ2v) is 10.1. The minimum atomic E-state index is -0.608. The molecule has 4 nitrogen and oxygen atoms in total. The molecule has 0 aliphatic carbocycles. The Hall–Kier alpha value is -2.82. The van der Waals surface area contributed by atoms with E-state index in [-0.39, 0.29) is 6.10 Å². The summed E-state index contributed by atoms with van der Waals surface area (Å²) in [5.74, 6) is 1.86. The standard InChI is InChI=1S/C30H35NO3/c1-22-8-9-25(16-23(22)2)19-30(32)12-14-31(15-13-30)20-28-18-26-17-27(10-11-29(26)34-28)33-21-24-6-4-3-5-7-24/h3-11,16-17,28,32H,12-15,18-21H2,1-2H3. The molecule has 5 rings (SSSR count). The molecule has 1 N–H and O–H groups in total. The summed E-state index contributed by atoms with van der Waals surface area (Å²) in [6.07, 6.45) is 3.40. The van der Waals surface area contributed by atoms with Gasteiger partial charge in [0.25, 0.3) is 0 Å². The van der Waals surface area contributed by atoms with E-state index in [1.807, 2.05) is 30.3 Å². The van der Waals surface area contributed by atoms with Crippen LogP contribution in [0.25, 0.3) is 0 Å². The maximum atomic E-state index is 11.2. The fraction of sp³-hybridized carbons (Fsp3) is 0.400. The molecule has 1 unspecified atom stereocenters. The average molecular weight is 458 g/mol. The third-order valence-electron chi connectivity index (χ3n) is 7.37. The van der Waals surface area contributed by atoms with Crippen molar-refractivity contribution in [2.24, 2.45) is 0 Å². The van der Waals surface area contributed by atoms with Gasteiger partial charge in [-0.3, -0.25) is 4.90 Å². The van der Waals surface area contributed by atoms with Crippen molar-refractivity contribution in [3.8, 4) is 11.5 Å². The molecule has 1 atom stereocenters. The van der Waals surface area contributed by atoms with E-state index in [1.54, 1.807) is 0 Å². The number of aryl methyl sites for hydroxylation is 2. The first kappa shape index (κ1) is 22.9. The first-order valence-electron chi connectivity index (χ1n) is 12.4. The minimum absolute atomic E-state index is 0.158. The van der Waals surface area contributed by atoms with E-state index in [9.17, 15) is 5.11 Å². The molecule has 4 heteroatoms. The first-order valence-corrected chi connectivity index (χ1v) is 12.4.